The van der Waals surface area contributed by atoms with Crippen LogP contribution >= 0.6 is 0 Å². The lowest BCUT2D eigenvalue weighted by Gasteiger charge is -1.98. The molecular formula is C7H6F3N3O. The number of hydrogen-bond donors (Lipinski definition) is 1. The van der Waals surface area contributed by atoms with Crippen molar-refractivity contribution < 1.29 is 18.0 Å². The quantitative estimate of drug-likeness (QED) is 0.597. The Bertz CT molecular complexity index is 351. The van der Waals surface area contributed by atoms with E-state index in [1.807, 2.05) is 0 Å². The minimum absolute atomic E-state index is 0.100. The largest absolute Gasteiger partial charge is 0.435 e. The van der Waals surface area contributed by atoms with Crippen molar-refractivity contribution in [2.45, 2.75) is 12.6 Å². The molecule has 0 saturated carbocycles. The Morgan fingerprint density at radius 2 is 2.29 bits per heavy atom. The molecule has 0 saturated heterocycles. The van der Waals surface area contributed by atoms with Crippen LogP contribution < -0.4 is 0 Å². The van der Waals surface area contributed by atoms with Gasteiger partial charge in [0.15, 0.2) is 5.69 Å². The molecule has 1 aromatic heterocycles. The molecule has 0 bridgehead atoms. The van der Waals surface area contributed by atoms with Crippen molar-refractivity contribution in [2.75, 3.05) is 6.54 Å². The zero-order chi connectivity index (χ0) is 10.6. The van der Waals surface area contributed by atoms with Gasteiger partial charge in [-0.2, -0.15) is 18.3 Å². The molecule has 0 aliphatic rings. The van der Waals surface area contributed by atoms with Crippen LogP contribution in [0.15, 0.2) is 11.1 Å². The number of alkyl halides is 3. The molecule has 0 aliphatic heterocycles. The fourth-order valence-electron chi connectivity index (χ4n) is 0.857. The van der Waals surface area contributed by atoms with Gasteiger partial charge in [-0.1, -0.05) is 0 Å². The zero-order valence-electron chi connectivity index (χ0n) is 6.93. The molecule has 0 unspecified atom stereocenters. The first-order valence-corrected chi connectivity index (χ1v) is 3.69. The number of H-pyrrole nitrogens is 1. The highest BCUT2D eigenvalue weighted by Crippen LogP contribution is 2.27. The van der Waals surface area contributed by atoms with Crippen LogP contribution in [0, 0.1) is 0 Å². The summed E-state index contributed by atoms with van der Waals surface area (Å²) in [7, 11) is 0. The monoisotopic (exact) mass is 205 g/mol. The fraction of sp³-hybridized carbons (Fsp3) is 0.429. The molecule has 7 heteroatoms. The second-order valence-electron chi connectivity index (χ2n) is 2.50. The summed E-state index contributed by atoms with van der Waals surface area (Å²) in [5.74, 6) is 0. The average Bonchev–Trinajstić information content (AvgIpc) is 2.52. The standard InChI is InChI=1S/C7H6F3N3O/c8-7(9,10)6-3-5(12-13-6)1-2-11-4-14/h3H,1-2H2,(H,12,13). The molecule has 0 atom stereocenters. The number of carbonyl (C=O) groups excluding carboxylic acids is 1. The van der Waals surface area contributed by atoms with Crippen LogP contribution in [0.4, 0.5) is 13.2 Å². The van der Waals surface area contributed by atoms with E-state index in [1.165, 1.54) is 6.08 Å². The minimum atomic E-state index is -4.44. The number of isocyanates is 1. The first-order chi connectivity index (χ1) is 6.54. The molecule has 1 rings (SSSR count). The van der Waals surface area contributed by atoms with Gasteiger partial charge in [-0.25, -0.2) is 9.79 Å². The van der Waals surface area contributed by atoms with E-state index >= 15 is 0 Å². The Balaban J connectivity index is 2.64. The van der Waals surface area contributed by atoms with E-state index in [9.17, 15) is 18.0 Å². The van der Waals surface area contributed by atoms with Gasteiger partial charge < -0.3 is 0 Å². The van der Waals surface area contributed by atoms with Crippen LogP contribution in [-0.2, 0) is 17.4 Å². The van der Waals surface area contributed by atoms with Crippen LogP contribution in [0.2, 0.25) is 0 Å². The van der Waals surface area contributed by atoms with Crippen LogP contribution in [-0.4, -0.2) is 22.8 Å². The van der Waals surface area contributed by atoms with Gasteiger partial charge in [-0.3, -0.25) is 5.10 Å². The number of hydrogen-bond acceptors (Lipinski definition) is 3. The van der Waals surface area contributed by atoms with E-state index < -0.39 is 11.9 Å². The first-order valence-electron chi connectivity index (χ1n) is 3.69. The van der Waals surface area contributed by atoms with Gasteiger partial charge >= 0.3 is 6.18 Å². The molecule has 0 amide bonds. The first kappa shape index (κ1) is 10.5. The number of aromatic amines is 1. The van der Waals surface area contributed by atoms with Gasteiger partial charge in [0.05, 0.1) is 6.54 Å². The second-order valence-corrected chi connectivity index (χ2v) is 2.50. The summed E-state index contributed by atoms with van der Waals surface area (Å²) in [6.45, 7) is 0.100. The summed E-state index contributed by atoms with van der Waals surface area (Å²) in [5, 5.41) is 5.29. The Morgan fingerprint density at radius 3 is 2.79 bits per heavy atom. The third-order valence-electron chi connectivity index (χ3n) is 1.48. The SMILES string of the molecule is O=C=NCCc1cc(C(F)(F)F)n[nH]1. The maximum atomic E-state index is 12.0. The predicted molar refractivity (Wildman–Crippen MR) is 40.3 cm³/mol. The van der Waals surface area contributed by atoms with E-state index in [4.69, 9.17) is 0 Å². The van der Waals surface area contributed by atoms with Crippen molar-refractivity contribution in [1.29, 1.82) is 0 Å². The molecule has 76 valence electrons. The lowest BCUT2D eigenvalue weighted by atomic mass is 10.3. The lowest BCUT2D eigenvalue weighted by molar-refractivity contribution is -0.141. The third kappa shape index (κ3) is 2.70. The summed E-state index contributed by atoms with van der Waals surface area (Å²) in [6.07, 6.45) is -2.94. The van der Waals surface area contributed by atoms with Gasteiger partial charge in [-0.15, -0.1) is 0 Å². The van der Waals surface area contributed by atoms with Crippen LogP contribution in [0.1, 0.15) is 11.4 Å². The molecule has 0 fully saturated rings. The van der Waals surface area contributed by atoms with E-state index in [1.54, 1.807) is 0 Å². The molecular weight excluding hydrogens is 199 g/mol. The molecule has 1 aromatic rings. The molecule has 0 aromatic carbocycles. The van der Waals surface area contributed by atoms with Crippen molar-refractivity contribution >= 4 is 6.08 Å². The smallest absolute Gasteiger partial charge is 0.282 e. The molecule has 0 spiro atoms. The van der Waals surface area contributed by atoms with Crippen molar-refractivity contribution in [2.24, 2.45) is 4.99 Å². The van der Waals surface area contributed by atoms with E-state index in [-0.39, 0.29) is 18.7 Å². The van der Waals surface area contributed by atoms with Gasteiger partial charge in [0.2, 0.25) is 6.08 Å². The second kappa shape index (κ2) is 4.06. The third-order valence-corrected chi connectivity index (χ3v) is 1.48. The lowest BCUT2D eigenvalue weighted by Crippen LogP contribution is -2.04. The maximum absolute atomic E-state index is 12.0. The van der Waals surface area contributed by atoms with Crippen molar-refractivity contribution in [1.82, 2.24) is 10.2 Å². The van der Waals surface area contributed by atoms with Crippen LogP contribution in [0.5, 0.6) is 0 Å². The van der Waals surface area contributed by atoms with E-state index in [0.29, 0.717) is 0 Å². The number of nitrogens with zero attached hydrogens (tertiary/aromatic N) is 2. The van der Waals surface area contributed by atoms with Crippen LogP contribution in [0.3, 0.4) is 0 Å². The summed E-state index contributed by atoms with van der Waals surface area (Å²) < 4.78 is 36.1. The molecule has 14 heavy (non-hydrogen) atoms. The maximum Gasteiger partial charge on any atom is 0.435 e. The normalized spacial score (nSPS) is 11.1. The Labute approximate surface area is 76.8 Å². The summed E-state index contributed by atoms with van der Waals surface area (Å²) in [6, 6.07) is 0.889. The highest BCUT2D eigenvalue weighted by atomic mass is 19.4. The highest BCUT2D eigenvalue weighted by Gasteiger charge is 2.33. The number of aliphatic imine (C=N–C) groups is 1. The molecule has 4 nitrogen and oxygen atoms in total. The molecule has 0 aliphatic carbocycles. The van der Waals surface area contributed by atoms with Gasteiger partial charge in [0.1, 0.15) is 0 Å². The zero-order valence-corrected chi connectivity index (χ0v) is 6.93. The molecule has 1 N–H and O–H groups in total. The molecule has 0 radical (unpaired) electrons. The minimum Gasteiger partial charge on any atom is -0.282 e. The van der Waals surface area contributed by atoms with Crippen LogP contribution in [0.25, 0.3) is 0 Å². The predicted octanol–water partition coefficient (Wildman–Crippen LogP) is 1.31. The van der Waals surface area contributed by atoms with E-state index in [2.05, 4.69) is 15.2 Å². The van der Waals surface area contributed by atoms with Crippen molar-refractivity contribution in [3.63, 3.8) is 0 Å². The topological polar surface area (TPSA) is 58.1 Å². The van der Waals surface area contributed by atoms with Gasteiger partial charge in [0.25, 0.3) is 0 Å². The van der Waals surface area contributed by atoms with Crippen molar-refractivity contribution in [3.8, 4) is 0 Å². The van der Waals surface area contributed by atoms with E-state index in [0.717, 1.165) is 6.07 Å². The van der Waals surface area contributed by atoms with Gasteiger partial charge in [0, 0.05) is 12.1 Å². The summed E-state index contributed by atoms with van der Waals surface area (Å²) >= 11 is 0. The van der Waals surface area contributed by atoms with Gasteiger partial charge in [-0.05, 0) is 6.07 Å². The number of aromatic nitrogens is 2. The Kier molecular flexibility index (Phi) is 3.03. The highest BCUT2D eigenvalue weighted by molar-refractivity contribution is 5.32. The Morgan fingerprint density at radius 1 is 1.57 bits per heavy atom. The summed E-state index contributed by atoms with van der Waals surface area (Å²) in [5.41, 5.74) is -0.682. The Hall–Kier alpha value is -1.62. The van der Waals surface area contributed by atoms with Crippen molar-refractivity contribution in [3.05, 3.63) is 17.5 Å². The average molecular weight is 205 g/mol. The molecule has 1 heterocycles. The fourth-order valence-corrected chi connectivity index (χ4v) is 0.857. The number of halogens is 3. The number of rotatable bonds is 3. The summed E-state index contributed by atoms with van der Waals surface area (Å²) in [4.78, 5) is 12.9. The number of nitrogens with one attached hydrogen (secondary N) is 1.